The van der Waals surface area contributed by atoms with Gasteiger partial charge in [0.25, 0.3) is 11.8 Å². The molecule has 0 atom stereocenters. The molecular weight excluding hydrogens is 508 g/mol. The van der Waals surface area contributed by atoms with Crippen LogP contribution in [0, 0.1) is 6.92 Å². The Morgan fingerprint density at radius 1 is 1.12 bits per heavy atom. The summed E-state index contributed by atoms with van der Waals surface area (Å²) in [5.74, 6) is 6.64. The van der Waals surface area contributed by atoms with Crippen molar-refractivity contribution >= 4 is 28.9 Å². The van der Waals surface area contributed by atoms with Crippen LogP contribution in [-0.4, -0.2) is 61.6 Å². The quantitative estimate of drug-likeness (QED) is 0.216. The van der Waals surface area contributed by atoms with Crippen molar-refractivity contribution < 1.29 is 18.7 Å². The van der Waals surface area contributed by atoms with Gasteiger partial charge in [0.05, 0.1) is 24.0 Å². The van der Waals surface area contributed by atoms with Crippen LogP contribution in [0.3, 0.4) is 0 Å². The zero-order valence-corrected chi connectivity index (χ0v) is 23.5. The molecule has 3 N–H and O–H groups in total. The van der Waals surface area contributed by atoms with Crippen LogP contribution in [0.2, 0.25) is 0 Å². The molecular formula is C30H38N6O4. The number of nitrogens with two attached hydrogens (primary N) is 1. The van der Waals surface area contributed by atoms with Crippen molar-refractivity contribution in [2.75, 3.05) is 55.0 Å². The van der Waals surface area contributed by atoms with E-state index in [2.05, 4.69) is 45.2 Å². The smallest absolute Gasteiger partial charge is 0.277 e. The Morgan fingerprint density at radius 2 is 1.82 bits per heavy atom. The summed E-state index contributed by atoms with van der Waals surface area (Å²) < 4.78 is 11.2. The minimum Gasteiger partial charge on any atom is -0.496 e. The normalized spacial score (nSPS) is 15.2. The van der Waals surface area contributed by atoms with E-state index in [0.29, 0.717) is 29.8 Å². The average molecular weight is 547 g/mol. The molecule has 0 unspecified atom stereocenters. The van der Waals surface area contributed by atoms with Gasteiger partial charge in [0.2, 0.25) is 0 Å². The van der Waals surface area contributed by atoms with Gasteiger partial charge in [0.1, 0.15) is 12.0 Å². The van der Waals surface area contributed by atoms with E-state index in [1.165, 1.54) is 29.6 Å². The maximum atomic E-state index is 13.3. The Morgan fingerprint density at radius 3 is 2.48 bits per heavy atom. The second-order valence-corrected chi connectivity index (χ2v) is 10.5. The van der Waals surface area contributed by atoms with Crippen molar-refractivity contribution in [3.63, 3.8) is 0 Å². The molecule has 3 aromatic rings. The topological polar surface area (TPSA) is 117 Å². The van der Waals surface area contributed by atoms with Crippen LogP contribution in [0.25, 0.3) is 0 Å². The van der Waals surface area contributed by atoms with Gasteiger partial charge in [-0.25, -0.2) is 10.8 Å². The van der Waals surface area contributed by atoms with Crippen molar-refractivity contribution in [3.05, 3.63) is 65.4 Å². The van der Waals surface area contributed by atoms with Gasteiger partial charge in [-0.05, 0) is 43.9 Å². The number of amides is 2. The molecule has 0 radical (unpaired) electrons. The lowest BCUT2D eigenvalue weighted by Gasteiger charge is -2.39. The number of piperazine rings is 1. The number of hydrogen-bond acceptors (Lipinski definition) is 8. The molecule has 2 amide bonds. The lowest BCUT2D eigenvalue weighted by Crippen LogP contribution is -2.47. The lowest BCUT2D eigenvalue weighted by molar-refractivity contribution is 0.0749. The Labute approximate surface area is 235 Å². The van der Waals surface area contributed by atoms with E-state index < -0.39 is 5.91 Å². The third-order valence-electron chi connectivity index (χ3n) is 7.57. The number of benzene rings is 2. The van der Waals surface area contributed by atoms with Crippen LogP contribution in [0.4, 0.5) is 17.1 Å². The van der Waals surface area contributed by atoms with E-state index in [0.717, 1.165) is 57.5 Å². The molecule has 1 saturated heterocycles. The summed E-state index contributed by atoms with van der Waals surface area (Å²) in [6.45, 7) is 7.65. The van der Waals surface area contributed by atoms with Gasteiger partial charge in [-0.1, -0.05) is 31.5 Å². The van der Waals surface area contributed by atoms with E-state index in [1.807, 2.05) is 19.1 Å². The number of carbonyl (C=O) groups excluding carboxylic acids is 2. The summed E-state index contributed by atoms with van der Waals surface area (Å²) in [6, 6.07) is 11.9. The molecule has 2 heterocycles. The number of aryl methyl sites for hydroxylation is 1. The predicted molar refractivity (Wildman–Crippen MR) is 155 cm³/mol. The highest BCUT2D eigenvalue weighted by molar-refractivity contribution is 6.07. The third kappa shape index (κ3) is 5.91. The van der Waals surface area contributed by atoms with E-state index in [-0.39, 0.29) is 17.2 Å². The number of rotatable bonds is 10. The highest BCUT2D eigenvalue weighted by atomic mass is 16.5. The number of oxazole rings is 1. The molecule has 1 aromatic heterocycles. The van der Waals surface area contributed by atoms with E-state index in [1.54, 1.807) is 6.07 Å². The number of nitrogens with one attached hydrogen (secondary N) is 1. The Bertz CT molecular complexity index is 1360. The standard InChI is InChI=1S/C30H38N6O4/c1-4-5-12-36(31)30(38)22-17-23(32-28(37)24-19-40-29(33-24)21-10-11-21)26(18-27(22)39-3)35-15-13-34(14-16-35)25-9-7-6-8-20(25)2/h6-9,17-19,21H,4-5,10-16,31H2,1-3H3,(H,32,37). The van der Waals surface area contributed by atoms with Gasteiger partial charge in [-0.15, -0.1) is 0 Å². The number of nitrogens with zero attached hydrogens (tertiary/aromatic N) is 4. The van der Waals surface area contributed by atoms with Crippen molar-refractivity contribution in [2.45, 2.75) is 45.4 Å². The van der Waals surface area contributed by atoms with Gasteiger partial charge in [0.15, 0.2) is 11.6 Å². The van der Waals surface area contributed by atoms with Gasteiger partial charge in [-0.2, -0.15) is 0 Å². The highest BCUT2D eigenvalue weighted by Gasteiger charge is 2.30. The van der Waals surface area contributed by atoms with Crippen LogP contribution in [0.1, 0.15) is 70.8 Å². The number of methoxy groups -OCH3 is 1. The minimum atomic E-state index is -0.394. The largest absolute Gasteiger partial charge is 0.496 e. The number of aromatic nitrogens is 1. The monoisotopic (exact) mass is 546 g/mol. The summed E-state index contributed by atoms with van der Waals surface area (Å²) in [7, 11) is 1.53. The van der Waals surface area contributed by atoms with Crippen LogP contribution < -0.4 is 25.7 Å². The molecule has 0 spiro atoms. The minimum absolute atomic E-state index is 0.212. The molecule has 1 saturated carbocycles. The Balaban J connectivity index is 1.44. The zero-order valence-electron chi connectivity index (χ0n) is 23.5. The first-order chi connectivity index (χ1) is 19.4. The molecule has 5 rings (SSSR count). The Kier molecular flexibility index (Phi) is 8.25. The molecule has 10 nitrogen and oxygen atoms in total. The van der Waals surface area contributed by atoms with Crippen LogP contribution in [-0.2, 0) is 0 Å². The number of carbonyl (C=O) groups is 2. The number of hydrazine groups is 1. The fourth-order valence-electron chi connectivity index (χ4n) is 5.05. The molecule has 40 heavy (non-hydrogen) atoms. The van der Waals surface area contributed by atoms with Crippen LogP contribution in [0.5, 0.6) is 5.75 Å². The molecule has 2 fully saturated rings. The molecule has 1 aliphatic carbocycles. The molecule has 10 heteroatoms. The molecule has 1 aliphatic heterocycles. The van der Waals surface area contributed by atoms with Gasteiger partial charge < -0.3 is 24.3 Å². The number of ether oxygens (including phenoxy) is 1. The third-order valence-corrected chi connectivity index (χ3v) is 7.57. The van der Waals surface area contributed by atoms with E-state index in [9.17, 15) is 9.59 Å². The average Bonchev–Trinajstić information content (AvgIpc) is 3.71. The van der Waals surface area contributed by atoms with Crippen molar-refractivity contribution in [1.82, 2.24) is 9.99 Å². The fraction of sp³-hybridized carbons (Fsp3) is 0.433. The number of unbranched alkanes of at least 4 members (excludes halogenated alkanes) is 1. The van der Waals surface area contributed by atoms with Gasteiger partial charge in [-0.3, -0.25) is 14.6 Å². The number of anilines is 3. The van der Waals surface area contributed by atoms with Crippen LogP contribution >= 0.6 is 0 Å². The second-order valence-electron chi connectivity index (χ2n) is 10.5. The van der Waals surface area contributed by atoms with Crippen molar-refractivity contribution in [2.24, 2.45) is 5.84 Å². The maximum Gasteiger partial charge on any atom is 0.277 e. The first-order valence-electron chi connectivity index (χ1n) is 14.0. The maximum absolute atomic E-state index is 13.3. The van der Waals surface area contributed by atoms with Crippen LogP contribution in [0.15, 0.2) is 47.1 Å². The van der Waals surface area contributed by atoms with Gasteiger partial charge in [0, 0.05) is 50.4 Å². The highest BCUT2D eigenvalue weighted by Crippen LogP contribution is 2.40. The number of hydrogen-bond donors (Lipinski definition) is 2. The van der Waals surface area contributed by atoms with Crippen molar-refractivity contribution in [3.8, 4) is 5.75 Å². The summed E-state index contributed by atoms with van der Waals surface area (Å²) in [5, 5.41) is 4.20. The Hall–Kier alpha value is -4.05. The second kappa shape index (κ2) is 12.0. The van der Waals surface area contributed by atoms with Gasteiger partial charge >= 0.3 is 0 Å². The summed E-state index contributed by atoms with van der Waals surface area (Å²) in [4.78, 5) is 35.6. The zero-order chi connectivity index (χ0) is 28.2. The molecule has 212 valence electrons. The lowest BCUT2D eigenvalue weighted by atomic mass is 10.1. The van der Waals surface area contributed by atoms with Crippen molar-refractivity contribution in [1.29, 1.82) is 0 Å². The molecule has 0 bridgehead atoms. The summed E-state index contributed by atoms with van der Waals surface area (Å²) >= 11 is 0. The first-order valence-corrected chi connectivity index (χ1v) is 14.0. The summed E-state index contributed by atoms with van der Waals surface area (Å²) in [6.07, 6.45) is 5.14. The van der Waals surface area contributed by atoms with E-state index in [4.69, 9.17) is 15.0 Å². The molecule has 2 aromatic carbocycles. The SMILES string of the molecule is CCCCN(N)C(=O)c1cc(NC(=O)c2coc(C3CC3)n2)c(N2CCN(c3ccccc3C)CC2)cc1OC. The first kappa shape index (κ1) is 27.5. The summed E-state index contributed by atoms with van der Waals surface area (Å²) in [5.41, 5.74) is 4.23. The fourth-order valence-corrected chi connectivity index (χ4v) is 5.05. The predicted octanol–water partition coefficient (Wildman–Crippen LogP) is 4.56. The number of para-hydroxylation sites is 1. The van der Waals surface area contributed by atoms with E-state index >= 15 is 0 Å². The molecule has 2 aliphatic rings.